The fourth-order valence-electron chi connectivity index (χ4n) is 4.95. The molecule has 1 amide bonds. The maximum absolute atomic E-state index is 12.3. The van der Waals surface area contributed by atoms with E-state index in [1.807, 2.05) is 0 Å². The van der Waals surface area contributed by atoms with Gasteiger partial charge in [-0.05, 0) is 37.7 Å². The molecule has 154 valence electrons. The van der Waals surface area contributed by atoms with E-state index in [2.05, 4.69) is 44.0 Å². The van der Waals surface area contributed by atoms with Crippen LogP contribution in [-0.4, -0.2) is 51.0 Å². The van der Waals surface area contributed by atoms with Gasteiger partial charge in [0, 0.05) is 25.5 Å². The summed E-state index contributed by atoms with van der Waals surface area (Å²) in [6, 6.07) is 0. The van der Waals surface area contributed by atoms with Crippen molar-refractivity contribution in [1.82, 2.24) is 24.9 Å². The lowest BCUT2D eigenvalue weighted by molar-refractivity contribution is 0.0825. The number of hydrogen-bond acceptors (Lipinski definition) is 6. The minimum Gasteiger partial charge on any atom is -0.446 e. The van der Waals surface area contributed by atoms with Gasteiger partial charge in [-0.2, -0.15) is 0 Å². The van der Waals surface area contributed by atoms with E-state index < -0.39 is 0 Å². The number of fused-ring (bicyclic) bond motifs is 3. The van der Waals surface area contributed by atoms with Crippen molar-refractivity contribution in [3.8, 4) is 0 Å². The number of carbonyl (C=O) groups is 1. The predicted molar refractivity (Wildman–Crippen MR) is 107 cm³/mol. The van der Waals surface area contributed by atoms with Crippen molar-refractivity contribution in [3.05, 3.63) is 29.5 Å². The lowest BCUT2D eigenvalue weighted by Crippen LogP contribution is -2.34. The SMILES string of the molecule is CC[C@@H]1C[C@H](OC(=O)NC[C@H]2CCCO2)C[C@@H]1c1nnc2cnc3c(n12)C=CC3. The van der Waals surface area contributed by atoms with Crippen LogP contribution in [0.3, 0.4) is 0 Å². The smallest absolute Gasteiger partial charge is 0.407 e. The fraction of sp³-hybridized carbons (Fsp3) is 0.619. The molecule has 0 aromatic carbocycles. The summed E-state index contributed by atoms with van der Waals surface area (Å²) in [5.41, 5.74) is 2.92. The molecule has 1 N–H and O–H groups in total. The van der Waals surface area contributed by atoms with Gasteiger partial charge in [-0.15, -0.1) is 10.2 Å². The Balaban J connectivity index is 1.30. The number of alkyl carbamates (subject to hydrolysis) is 1. The highest BCUT2D eigenvalue weighted by molar-refractivity contribution is 5.67. The van der Waals surface area contributed by atoms with Crippen molar-refractivity contribution in [2.45, 2.75) is 63.6 Å². The number of aromatic nitrogens is 4. The first-order valence-corrected chi connectivity index (χ1v) is 10.7. The molecule has 2 fully saturated rings. The Kier molecular flexibility index (Phi) is 4.95. The normalized spacial score (nSPS) is 28.2. The molecule has 0 unspecified atom stereocenters. The number of hydrogen-bond donors (Lipinski definition) is 1. The first kappa shape index (κ1) is 18.5. The number of ether oxygens (including phenoxy) is 2. The molecule has 0 bridgehead atoms. The molecule has 1 saturated carbocycles. The maximum atomic E-state index is 12.3. The van der Waals surface area contributed by atoms with Crippen LogP contribution in [-0.2, 0) is 15.9 Å². The van der Waals surface area contributed by atoms with Crippen LogP contribution in [0.1, 0.15) is 62.2 Å². The van der Waals surface area contributed by atoms with E-state index in [9.17, 15) is 4.79 Å². The zero-order chi connectivity index (χ0) is 19.8. The fourth-order valence-corrected chi connectivity index (χ4v) is 4.95. The Morgan fingerprint density at radius 1 is 1.38 bits per heavy atom. The second-order valence-corrected chi connectivity index (χ2v) is 8.24. The summed E-state index contributed by atoms with van der Waals surface area (Å²) >= 11 is 0. The quantitative estimate of drug-likeness (QED) is 0.834. The Labute approximate surface area is 169 Å². The van der Waals surface area contributed by atoms with Crippen LogP contribution in [0, 0.1) is 5.92 Å². The summed E-state index contributed by atoms with van der Waals surface area (Å²) in [5, 5.41) is 11.7. The number of nitrogens with zero attached hydrogens (tertiary/aromatic N) is 4. The van der Waals surface area contributed by atoms with Crippen molar-refractivity contribution >= 4 is 17.8 Å². The molecule has 2 aliphatic carbocycles. The molecule has 2 aromatic heterocycles. The minimum absolute atomic E-state index is 0.104. The van der Waals surface area contributed by atoms with Gasteiger partial charge in [0.25, 0.3) is 0 Å². The van der Waals surface area contributed by atoms with Crippen LogP contribution < -0.4 is 5.32 Å². The zero-order valence-electron chi connectivity index (χ0n) is 16.7. The molecule has 5 rings (SSSR count). The van der Waals surface area contributed by atoms with Crippen LogP contribution >= 0.6 is 0 Å². The molecule has 8 heteroatoms. The monoisotopic (exact) mass is 397 g/mol. The molecule has 3 aliphatic rings. The third-order valence-corrected chi connectivity index (χ3v) is 6.45. The Morgan fingerprint density at radius 3 is 3.14 bits per heavy atom. The van der Waals surface area contributed by atoms with Crippen molar-refractivity contribution in [1.29, 1.82) is 0 Å². The molecule has 0 spiro atoms. The second-order valence-electron chi connectivity index (χ2n) is 8.24. The molecular formula is C21H27N5O3. The van der Waals surface area contributed by atoms with E-state index in [-0.39, 0.29) is 24.2 Å². The molecule has 2 aromatic rings. The third-order valence-electron chi connectivity index (χ3n) is 6.45. The summed E-state index contributed by atoms with van der Waals surface area (Å²) in [6.07, 6.45) is 11.2. The Bertz CT molecular complexity index is 934. The maximum Gasteiger partial charge on any atom is 0.407 e. The van der Waals surface area contributed by atoms with Crippen LogP contribution in [0.25, 0.3) is 11.7 Å². The number of carbonyl (C=O) groups excluding carboxylic acids is 1. The van der Waals surface area contributed by atoms with Gasteiger partial charge in [0.05, 0.1) is 23.7 Å². The van der Waals surface area contributed by atoms with E-state index in [0.717, 1.165) is 68.0 Å². The highest BCUT2D eigenvalue weighted by Gasteiger charge is 2.39. The van der Waals surface area contributed by atoms with E-state index in [1.165, 1.54) is 0 Å². The van der Waals surface area contributed by atoms with Crippen molar-refractivity contribution in [2.75, 3.05) is 13.2 Å². The van der Waals surface area contributed by atoms with E-state index >= 15 is 0 Å². The summed E-state index contributed by atoms with van der Waals surface area (Å²) < 4.78 is 13.4. The number of rotatable bonds is 5. The van der Waals surface area contributed by atoms with Gasteiger partial charge < -0.3 is 14.8 Å². The summed E-state index contributed by atoms with van der Waals surface area (Å²) in [7, 11) is 0. The van der Waals surface area contributed by atoms with E-state index in [4.69, 9.17) is 9.47 Å². The van der Waals surface area contributed by atoms with E-state index in [1.54, 1.807) is 6.20 Å². The van der Waals surface area contributed by atoms with Crippen LogP contribution in [0.2, 0.25) is 0 Å². The third kappa shape index (κ3) is 3.50. The van der Waals surface area contributed by atoms with Gasteiger partial charge in [-0.25, -0.2) is 4.79 Å². The number of allylic oxidation sites excluding steroid dienone is 1. The molecule has 3 heterocycles. The summed E-state index contributed by atoms with van der Waals surface area (Å²) in [4.78, 5) is 16.8. The number of amides is 1. The zero-order valence-corrected chi connectivity index (χ0v) is 16.7. The van der Waals surface area contributed by atoms with Crippen LogP contribution in [0.15, 0.2) is 12.3 Å². The average molecular weight is 397 g/mol. The van der Waals surface area contributed by atoms with E-state index in [0.29, 0.717) is 12.5 Å². The molecule has 29 heavy (non-hydrogen) atoms. The van der Waals surface area contributed by atoms with Crippen molar-refractivity contribution in [3.63, 3.8) is 0 Å². The van der Waals surface area contributed by atoms with Crippen LogP contribution in [0.5, 0.6) is 0 Å². The highest BCUT2D eigenvalue weighted by Crippen LogP contribution is 2.42. The summed E-state index contributed by atoms with van der Waals surface area (Å²) in [5.74, 6) is 1.59. The second kappa shape index (κ2) is 7.74. The standard InChI is InChI=1S/C21H27N5O3/c1-2-13-9-15(29-21(27)23-11-14-5-4-8-28-14)10-16(13)20-25-24-19-12-22-17-6-3-7-18(17)26(19)20/h3,7,12-16H,2,4-6,8-11H2,1H3,(H,23,27)/t13-,14-,15+,16+/m1/s1. The Hall–Kier alpha value is -2.48. The minimum atomic E-state index is -0.347. The molecule has 0 radical (unpaired) electrons. The Morgan fingerprint density at radius 2 is 2.31 bits per heavy atom. The molecule has 1 aliphatic heterocycles. The summed E-state index contributed by atoms with van der Waals surface area (Å²) in [6.45, 7) is 3.49. The van der Waals surface area contributed by atoms with Gasteiger partial charge in [-0.3, -0.25) is 9.38 Å². The average Bonchev–Trinajstić information content (AvgIpc) is 3.51. The lowest BCUT2D eigenvalue weighted by atomic mass is 9.93. The van der Waals surface area contributed by atoms with Gasteiger partial charge in [0.2, 0.25) is 0 Å². The van der Waals surface area contributed by atoms with Crippen molar-refractivity contribution in [2.24, 2.45) is 5.92 Å². The van der Waals surface area contributed by atoms with Gasteiger partial charge in [-0.1, -0.05) is 19.4 Å². The highest BCUT2D eigenvalue weighted by atomic mass is 16.6. The molecule has 8 nitrogen and oxygen atoms in total. The first-order valence-electron chi connectivity index (χ1n) is 10.7. The molecule has 1 saturated heterocycles. The predicted octanol–water partition coefficient (Wildman–Crippen LogP) is 2.87. The first-order chi connectivity index (χ1) is 14.2. The van der Waals surface area contributed by atoms with Crippen molar-refractivity contribution < 1.29 is 14.3 Å². The number of nitrogens with one attached hydrogen (secondary N) is 1. The van der Waals surface area contributed by atoms with Gasteiger partial charge in [0.1, 0.15) is 11.9 Å². The van der Waals surface area contributed by atoms with Gasteiger partial charge in [0.15, 0.2) is 5.65 Å². The van der Waals surface area contributed by atoms with Gasteiger partial charge >= 0.3 is 6.09 Å². The van der Waals surface area contributed by atoms with Crippen LogP contribution in [0.4, 0.5) is 4.79 Å². The molecule has 4 atom stereocenters. The molecular weight excluding hydrogens is 370 g/mol. The largest absolute Gasteiger partial charge is 0.446 e. The lowest BCUT2D eigenvalue weighted by Gasteiger charge is -2.16. The topological polar surface area (TPSA) is 90.6 Å².